The fraction of sp³-hybridized carbons (Fsp3) is 0.500. The Morgan fingerprint density at radius 1 is 0.933 bits per heavy atom. The van der Waals surface area contributed by atoms with Gasteiger partial charge in [0.05, 0.1) is 13.7 Å². The Balaban J connectivity index is 2.37. The number of esters is 4. The summed E-state index contributed by atoms with van der Waals surface area (Å²) in [6.07, 6.45) is -6.49. The zero-order valence-corrected chi connectivity index (χ0v) is 17.1. The zero-order chi connectivity index (χ0) is 22.3. The van der Waals surface area contributed by atoms with Crippen LogP contribution in [0, 0.1) is 0 Å². The SMILES string of the molecule is COC(=O)[C@H](OC(C)=O)[C@H]1O[C@H](OC(C)=O)[C@H](OC(C)=O)[C@H]1OCc1ccccc1. The van der Waals surface area contributed by atoms with Crippen molar-refractivity contribution in [2.45, 2.75) is 58.1 Å². The Morgan fingerprint density at radius 2 is 1.57 bits per heavy atom. The van der Waals surface area contributed by atoms with Crippen molar-refractivity contribution in [2.24, 2.45) is 0 Å². The Morgan fingerprint density at radius 3 is 2.10 bits per heavy atom. The van der Waals surface area contributed by atoms with Gasteiger partial charge in [-0.15, -0.1) is 0 Å². The maximum Gasteiger partial charge on any atom is 0.350 e. The highest BCUT2D eigenvalue weighted by atomic mass is 16.8. The number of carbonyl (C=O) groups is 4. The fourth-order valence-corrected chi connectivity index (χ4v) is 2.97. The molecule has 0 aliphatic carbocycles. The van der Waals surface area contributed by atoms with E-state index in [1.807, 2.05) is 18.2 Å². The minimum atomic E-state index is -1.54. The summed E-state index contributed by atoms with van der Waals surface area (Å²) in [6, 6.07) is 9.06. The van der Waals surface area contributed by atoms with Crippen LogP contribution in [0.1, 0.15) is 26.3 Å². The van der Waals surface area contributed by atoms with Crippen LogP contribution >= 0.6 is 0 Å². The molecule has 0 spiro atoms. The van der Waals surface area contributed by atoms with Crippen LogP contribution in [0.2, 0.25) is 0 Å². The number of methoxy groups -OCH3 is 1. The van der Waals surface area contributed by atoms with Crippen molar-refractivity contribution in [1.82, 2.24) is 0 Å². The lowest BCUT2D eigenvalue weighted by molar-refractivity contribution is -0.204. The summed E-state index contributed by atoms with van der Waals surface area (Å²) in [5.41, 5.74) is 0.788. The van der Waals surface area contributed by atoms with Gasteiger partial charge in [-0.25, -0.2) is 4.79 Å². The summed E-state index contributed by atoms with van der Waals surface area (Å²) in [5.74, 6) is -3.07. The van der Waals surface area contributed by atoms with Gasteiger partial charge in [0.25, 0.3) is 0 Å². The van der Waals surface area contributed by atoms with Crippen LogP contribution in [-0.2, 0) is 54.2 Å². The minimum Gasteiger partial charge on any atom is -0.466 e. The molecular formula is C20H24O10. The number of hydrogen-bond acceptors (Lipinski definition) is 10. The Bertz CT molecular complexity index is 762. The second-order valence-electron chi connectivity index (χ2n) is 6.47. The first-order chi connectivity index (χ1) is 14.2. The summed E-state index contributed by atoms with van der Waals surface area (Å²) in [5, 5.41) is 0. The molecule has 1 aliphatic heterocycles. The van der Waals surface area contributed by atoms with Gasteiger partial charge in [-0.05, 0) is 5.56 Å². The van der Waals surface area contributed by atoms with Gasteiger partial charge in [0.1, 0.15) is 12.2 Å². The number of rotatable bonds is 8. The average Bonchev–Trinajstić information content (AvgIpc) is 3.00. The lowest BCUT2D eigenvalue weighted by Gasteiger charge is -2.26. The molecule has 10 heteroatoms. The van der Waals surface area contributed by atoms with E-state index >= 15 is 0 Å². The van der Waals surface area contributed by atoms with Crippen LogP contribution in [0.25, 0.3) is 0 Å². The summed E-state index contributed by atoms with van der Waals surface area (Å²) in [4.78, 5) is 46.9. The third-order valence-corrected chi connectivity index (χ3v) is 4.10. The van der Waals surface area contributed by atoms with Gasteiger partial charge in [0.2, 0.25) is 12.4 Å². The number of hydrogen-bond donors (Lipinski definition) is 0. The molecule has 0 radical (unpaired) electrons. The van der Waals surface area contributed by atoms with Crippen molar-refractivity contribution in [1.29, 1.82) is 0 Å². The van der Waals surface area contributed by atoms with Gasteiger partial charge in [-0.2, -0.15) is 0 Å². The van der Waals surface area contributed by atoms with Crippen molar-refractivity contribution in [3.8, 4) is 0 Å². The second-order valence-corrected chi connectivity index (χ2v) is 6.47. The summed E-state index contributed by atoms with van der Waals surface area (Å²) >= 11 is 0. The highest BCUT2D eigenvalue weighted by Crippen LogP contribution is 2.32. The summed E-state index contributed by atoms with van der Waals surface area (Å²) in [7, 11) is 1.11. The van der Waals surface area contributed by atoms with E-state index in [4.69, 9.17) is 28.4 Å². The van der Waals surface area contributed by atoms with Crippen molar-refractivity contribution in [3.05, 3.63) is 35.9 Å². The molecule has 0 amide bonds. The topological polar surface area (TPSA) is 124 Å². The van der Waals surface area contributed by atoms with Crippen molar-refractivity contribution < 1.29 is 47.6 Å². The van der Waals surface area contributed by atoms with E-state index in [-0.39, 0.29) is 6.61 Å². The zero-order valence-electron chi connectivity index (χ0n) is 17.1. The second kappa shape index (κ2) is 10.7. The highest BCUT2D eigenvalue weighted by molar-refractivity contribution is 5.79. The molecular weight excluding hydrogens is 400 g/mol. The molecule has 0 aromatic heterocycles. The minimum absolute atomic E-state index is 0.0594. The molecule has 1 heterocycles. The third-order valence-electron chi connectivity index (χ3n) is 4.10. The molecule has 2 rings (SSSR count). The molecule has 164 valence electrons. The summed E-state index contributed by atoms with van der Waals surface area (Å²) < 4.78 is 31.7. The maximum absolute atomic E-state index is 12.3. The van der Waals surface area contributed by atoms with Crippen LogP contribution < -0.4 is 0 Å². The number of benzene rings is 1. The van der Waals surface area contributed by atoms with E-state index in [0.717, 1.165) is 33.4 Å². The van der Waals surface area contributed by atoms with E-state index in [0.29, 0.717) is 0 Å². The van der Waals surface area contributed by atoms with Crippen molar-refractivity contribution >= 4 is 23.9 Å². The molecule has 0 N–H and O–H groups in total. The number of carbonyl (C=O) groups excluding carboxylic acids is 4. The van der Waals surface area contributed by atoms with E-state index in [1.54, 1.807) is 12.1 Å². The predicted molar refractivity (Wildman–Crippen MR) is 98.6 cm³/mol. The predicted octanol–water partition coefficient (Wildman–Crippen LogP) is 0.896. The third kappa shape index (κ3) is 6.26. The first-order valence-electron chi connectivity index (χ1n) is 9.13. The van der Waals surface area contributed by atoms with E-state index in [1.165, 1.54) is 0 Å². The lowest BCUT2D eigenvalue weighted by atomic mass is 10.0. The van der Waals surface area contributed by atoms with Crippen LogP contribution in [0.15, 0.2) is 30.3 Å². The first kappa shape index (κ1) is 23.3. The van der Waals surface area contributed by atoms with Gasteiger partial charge in [-0.1, -0.05) is 30.3 Å². The number of ether oxygens (including phenoxy) is 6. The van der Waals surface area contributed by atoms with Crippen molar-refractivity contribution in [2.75, 3.05) is 7.11 Å². The van der Waals surface area contributed by atoms with E-state index in [2.05, 4.69) is 0 Å². The highest BCUT2D eigenvalue weighted by Gasteiger charge is 2.55. The summed E-state index contributed by atoms with van der Waals surface area (Å²) in [6.45, 7) is 3.48. The van der Waals surface area contributed by atoms with Crippen LogP contribution in [0.5, 0.6) is 0 Å². The fourth-order valence-electron chi connectivity index (χ4n) is 2.97. The normalized spacial score (nSPS) is 23.9. The molecule has 1 fully saturated rings. The largest absolute Gasteiger partial charge is 0.466 e. The molecule has 0 unspecified atom stereocenters. The molecule has 0 bridgehead atoms. The van der Waals surface area contributed by atoms with Crippen LogP contribution in [0.4, 0.5) is 0 Å². The smallest absolute Gasteiger partial charge is 0.350 e. The van der Waals surface area contributed by atoms with Gasteiger partial charge in [0, 0.05) is 20.8 Å². The molecule has 1 aromatic rings. The van der Waals surface area contributed by atoms with E-state index in [9.17, 15) is 19.2 Å². The first-order valence-corrected chi connectivity index (χ1v) is 9.13. The molecule has 1 aromatic carbocycles. The molecule has 10 nitrogen and oxygen atoms in total. The standard InChI is InChI=1S/C20H24O10/c1-11(21)27-17(19(24)25-4)16-15(26-10-14-8-6-5-7-9-14)18(28-12(2)22)20(30-16)29-13(3)23/h5-9,15-18,20H,10H2,1-4H3/t15-,16-,17+,18+,20-/m0/s1. The van der Waals surface area contributed by atoms with Gasteiger partial charge in [-0.3, -0.25) is 14.4 Å². The van der Waals surface area contributed by atoms with Gasteiger partial charge in [0.15, 0.2) is 6.10 Å². The van der Waals surface area contributed by atoms with Crippen LogP contribution in [-0.4, -0.2) is 61.7 Å². The Labute approximate surface area is 173 Å². The lowest BCUT2D eigenvalue weighted by Crippen LogP contribution is -2.47. The maximum atomic E-state index is 12.3. The monoisotopic (exact) mass is 424 g/mol. The Kier molecular flexibility index (Phi) is 8.31. The Hall–Kier alpha value is -2.98. The van der Waals surface area contributed by atoms with E-state index < -0.39 is 54.6 Å². The van der Waals surface area contributed by atoms with Gasteiger partial charge < -0.3 is 28.4 Å². The molecule has 30 heavy (non-hydrogen) atoms. The molecule has 5 atom stereocenters. The quantitative estimate of drug-likeness (QED) is 0.439. The van der Waals surface area contributed by atoms with Gasteiger partial charge >= 0.3 is 23.9 Å². The molecule has 0 saturated carbocycles. The molecule has 1 saturated heterocycles. The molecule has 1 aliphatic rings. The average molecular weight is 424 g/mol. The van der Waals surface area contributed by atoms with Crippen molar-refractivity contribution in [3.63, 3.8) is 0 Å². The van der Waals surface area contributed by atoms with Crippen LogP contribution in [0.3, 0.4) is 0 Å².